The van der Waals surface area contributed by atoms with Crippen molar-refractivity contribution >= 4 is 12.0 Å². The first-order valence-corrected chi connectivity index (χ1v) is 10.2. The van der Waals surface area contributed by atoms with Crippen LogP contribution in [0.2, 0.25) is 0 Å². The Kier molecular flexibility index (Phi) is 8.92. The number of rotatable bonds is 9. The van der Waals surface area contributed by atoms with E-state index in [0.29, 0.717) is 13.2 Å². The second-order valence-corrected chi connectivity index (χ2v) is 8.33. The van der Waals surface area contributed by atoms with Crippen molar-refractivity contribution in [3.63, 3.8) is 0 Å². The molecule has 0 heterocycles. The second-order valence-electron chi connectivity index (χ2n) is 8.33. The van der Waals surface area contributed by atoms with Gasteiger partial charge in [-0.25, -0.2) is 4.79 Å². The van der Waals surface area contributed by atoms with E-state index in [9.17, 15) is 9.59 Å². The van der Waals surface area contributed by atoms with Crippen LogP contribution in [0, 0.1) is 0 Å². The number of carbonyl (C=O) groups excluding carboxylic acids is 2. The molecule has 7 heteroatoms. The normalized spacial score (nSPS) is 19.0. The van der Waals surface area contributed by atoms with E-state index in [1.165, 1.54) is 4.90 Å². The molecule has 1 aromatic carbocycles. The minimum absolute atomic E-state index is 0.0203. The first kappa shape index (κ1) is 23.2. The summed E-state index contributed by atoms with van der Waals surface area (Å²) >= 11 is 0. The molecule has 2 rings (SSSR count). The molecule has 1 N–H and O–H groups in total. The topological polar surface area (TPSA) is 77.1 Å². The lowest BCUT2D eigenvalue weighted by Gasteiger charge is -2.28. The smallest absolute Gasteiger partial charge is 0.410 e. The molecule has 0 saturated heterocycles. The molecule has 2 atom stereocenters. The summed E-state index contributed by atoms with van der Waals surface area (Å²) in [7, 11) is 1.56. The van der Waals surface area contributed by atoms with Gasteiger partial charge in [0.1, 0.15) is 12.1 Å². The molecule has 1 aromatic rings. The van der Waals surface area contributed by atoms with Crippen LogP contribution >= 0.6 is 0 Å². The summed E-state index contributed by atoms with van der Waals surface area (Å²) in [6.07, 6.45) is 2.25. The van der Waals surface area contributed by atoms with E-state index >= 15 is 0 Å². The van der Waals surface area contributed by atoms with E-state index in [0.717, 1.165) is 24.8 Å². The van der Waals surface area contributed by atoms with Crippen molar-refractivity contribution in [2.75, 3.05) is 26.8 Å². The van der Waals surface area contributed by atoms with Crippen LogP contribution in [-0.4, -0.2) is 61.5 Å². The molecule has 0 aromatic heterocycles. The third-order valence-electron chi connectivity index (χ3n) is 4.66. The standard InChI is InChI=1S/C22H34N2O5/c1-22(2,3)29-21(26)24(13-14-27-4)15-20(25)23-18-11-8-12-19(18)28-16-17-9-6-5-7-10-17/h5-7,9-10,18-19H,8,11-16H2,1-4H3,(H,23,25)/t18-,19-/m0/s1. The van der Waals surface area contributed by atoms with Crippen LogP contribution in [0.3, 0.4) is 0 Å². The summed E-state index contributed by atoms with van der Waals surface area (Å²) in [5.41, 5.74) is 0.487. The van der Waals surface area contributed by atoms with E-state index in [1.54, 1.807) is 27.9 Å². The first-order valence-electron chi connectivity index (χ1n) is 10.2. The van der Waals surface area contributed by atoms with Gasteiger partial charge in [-0.1, -0.05) is 30.3 Å². The van der Waals surface area contributed by atoms with Crippen molar-refractivity contribution in [2.45, 2.75) is 64.4 Å². The fourth-order valence-electron chi connectivity index (χ4n) is 3.26. The van der Waals surface area contributed by atoms with E-state index in [1.807, 2.05) is 30.3 Å². The monoisotopic (exact) mass is 406 g/mol. The highest BCUT2D eigenvalue weighted by atomic mass is 16.6. The number of nitrogens with one attached hydrogen (secondary N) is 1. The molecule has 0 aliphatic heterocycles. The van der Waals surface area contributed by atoms with Crippen LogP contribution in [0.25, 0.3) is 0 Å². The van der Waals surface area contributed by atoms with Crippen LogP contribution in [-0.2, 0) is 25.6 Å². The average molecular weight is 407 g/mol. The Labute approximate surface area is 173 Å². The summed E-state index contributed by atoms with van der Waals surface area (Å²) in [4.78, 5) is 26.4. The maximum Gasteiger partial charge on any atom is 0.410 e. The number of methoxy groups -OCH3 is 1. The highest BCUT2D eigenvalue weighted by Gasteiger charge is 2.31. The van der Waals surface area contributed by atoms with Crippen molar-refractivity contribution in [2.24, 2.45) is 0 Å². The number of benzene rings is 1. The molecule has 2 amide bonds. The quantitative estimate of drug-likeness (QED) is 0.682. The largest absolute Gasteiger partial charge is 0.444 e. The Hall–Kier alpha value is -2.12. The van der Waals surface area contributed by atoms with E-state index in [4.69, 9.17) is 14.2 Å². The fraction of sp³-hybridized carbons (Fsp3) is 0.636. The molecular formula is C22H34N2O5. The Morgan fingerprint density at radius 1 is 1.17 bits per heavy atom. The zero-order chi connectivity index (χ0) is 21.3. The summed E-state index contributed by atoms with van der Waals surface area (Å²) in [5.74, 6) is -0.216. The third-order valence-corrected chi connectivity index (χ3v) is 4.66. The van der Waals surface area contributed by atoms with Gasteiger partial charge < -0.3 is 19.5 Å². The number of hydrogen-bond donors (Lipinski definition) is 1. The molecule has 0 bridgehead atoms. The molecule has 162 valence electrons. The van der Waals surface area contributed by atoms with Gasteiger partial charge in [0.2, 0.25) is 5.91 Å². The van der Waals surface area contributed by atoms with Gasteiger partial charge in [0.05, 0.1) is 25.4 Å². The van der Waals surface area contributed by atoms with Crippen molar-refractivity contribution in [3.8, 4) is 0 Å². The molecule has 7 nitrogen and oxygen atoms in total. The second kappa shape index (κ2) is 11.2. The van der Waals surface area contributed by atoms with E-state index < -0.39 is 11.7 Å². The van der Waals surface area contributed by atoms with Crippen molar-refractivity contribution < 1.29 is 23.8 Å². The number of amides is 2. The van der Waals surface area contributed by atoms with E-state index in [-0.39, 0.29) is 31.1 Å². The number of nitrogens with zero attached hydrogens (tertiary/aromatic N) is 1. The van der Waals surface area contributed by atoms with Gasteiger partial charge in [0, 0.05) is 13.7 Å². The maximum atomic E-state index is 12.6. The summed E-state index contributed by atoms with van der Waals surface area (Å²) < 4.78 is 16.5. The van der Waals surface area contributed by atoms with Gasteiger partial charge in [-0.2, -0.15) is 0 Å². The van der Waals surface area contributed by atoms with Crippen LogP contribution in [0.5, 0.6) is 0 Å². The Morgan fingerprint density at radius 2 is 1.90 bits per heavy atom. The minimum atomic E-state index is -0.624. The van der Waals surface area contributed by atoms with Gasteiger partial charge in [-0.05, 0) is 45.6 Å². The zero-order valence-electron chi connectivity index (χ0n) is 18.0. The lowest BCUT2D eigenvalue weighted by molar-refractivity contribution is -0.124. The van der Waals surface area contributed by atoms with Crippen molar-refractivity contribution in [1.82, 2.24) is 10.2 Å². The predicted molar refractivity (Wildman–Crippen MR) is 110 cm³/mol. The lowest BCUT2D eigenvalue weighted by atomic mass is 10.2. The Balaban J connectivity index is 1.87. The summed E-state index contributed by atoms with van der Waals surface area (Å²) in [6.45, 7) is 6.47. The van der Waals surface area contributed by atoms with Gasteiger partial charge in [0.15, 0.2) is 0 Å². The Bertz CT molecular complexity index is 644. The summed E-state index contributed by atoms with van der Waals surface area (Å²) in [5, 5.41) is 3.04. The van der Waals surface area contributed by atoms with Gasteiger partial charge in [-0.15, -0.1) is 0 Å². The molecule has 0 spiro atoms. The number of ether oxygens (including phenoxy) is 3. The maximum absolute atomic E-state index is 12.6. The van der Waals surface area contributed by atoms with Crippen molar-refractivity contribution in [3.05, 3.63) is 35.9 Å². The highest BCUT2D eigenvalue weighted by Crippen LogP contribution is 2.23. The van der Waals surface area contributed by atoms with Crippen LogP contribution in [0.15, 0.2) is 30.3 Å². The van der Waals surface area contributed by atoms with Crippen LogP contribution in [0.4, 0.5) is 4.79 Å². The summed E-state index contributed by atoms with van der Waals surface area (Å²) in [6, 6.07) is 9.94. The zero-order valence-corrected chi connectivity index (χ0v) is 18.0. The minimum Gasteiger partial charge on any atom is -0.444 e. The van der Waals surface area contributed by atoms with Crippen molar-refractivity contribution in [1.29, 1.82) is 0 Å². The molecular weight excluding hydrogens is 372 g/mol. The molecule has 1 fully saturated rings. The molecule has 1 saturated carbocycles. The predicted octanol–water partition coefficient (Wildman–Crippen LogP) is 3.12. The molecule has 0 radical (unpaired) electrons. The SMILES string of the molecule is COCCN(CC(=O)N[C@H]1CCC[C@@H]1OCc1ccccc1)C(=O)OC(C)(C)C. The first-order chi connectivity index (χ1) is 13.8. The number of carbonyl (C=O) groups is 2. The Morgan fingerprint density at radius 3 is 2.55 bits per heavy atom. The van der Waals surface area contributed by atoms with Gasteiger partial charge in [0.25, 0.3) is 0 Å². The molecule has 0 unspecified atom stereocenters. The molecule has 29 heavy (non-hydrogen) atoms. The third kappa shape index (κ3) is 8.41. The van der Waals surface area contributed by atoms with Crippen LogP contribution in [0.1, 0.15) is 45.6 Å². The lowest BCUT2D eigenvalue weighted by Crippen LogP contribution is -2.48. The fourth-order valence-corrected chi connectivity index (χ4v) is 3.26. The average Bonchev–Trinajstić information content (AvgIpc) is 3.09. The van der Waals surface area contributed by atoms with Gasteiger partial charge >= 0.3 is 6.09 Å². The number of hydrogen-bond acceptors (Lipinski definition) is 5. The van der Waals surface area contributed by atoms with Crippen LogP contribution < -0.4 is 5.32 Å². The van der Waals surface area contributed by atoms with E-state index in [2.05, 4.69) is 5.32 Å². The highest BCUT2D eigenvalue weighted by molar-refractivity contribution is 5.82. The van der Waals surface area contributed by atoms with Gasteiger partial charge in [-0.3, -0.25) is 9.69 Å². The molecule has 1 aliphatic rings. The molecule has 1 aliphatic carbocycles.